The molecular weight excluding hydrogens is 631 g/mol. The van der Waals surface area contributed by atoms with Crippen molar-refractivity contribution >= 4 is 50.7 Å². The molecule has 3 N–H and O–H groups in total. The zero-order valence-electron chi connectivity index (χ0n) is 24.9. The van der Waals surface area contributed by atoms with Crippen molar-refractivity contribution in [2.75, 3.05) is 5.32 Å². The summed E-state index contributed by atoms with van der Waals surface area (Å²) in [5.41, 5.74) is 7.22. The van der Waals surface area contributed by atoms with E-state index in [1.54, 1.807) is 17.7 Å². The van der Waals surface area contributed by atoms with E-state index >= 15 is 0 Å². The number of ether oxygens (including phenoxy) is 1. The number of fused-ring (bicyclic) bond motifs is 1. The van der Waals surface area contributed by atoms with Crippen molar-refractivity contribution in [2.24, 2.45) is 5.73 Å². The zero-order valence-corrected chi connectivity index (χ0v) is 26.5. The lowest BCUT2D eigenvalue weighted by Crippen LogP contribution is -2.16. The van der Waals surface area contributed by atoms with Gasteiger partial charge in [-0.2, -0.15) is 18.3 Å². The van der Waals surface area contributed by atoms with E-state index in [1.807, 2.05) is 39.8 Å². The summed E-state index contributed by atoms with van der Waals surface area (Å²) in [6, 6.07) is 7.57. The van der Waals surface area contributed by atoms with E-state index in [4.69, 9.17) is 26.5 Å². The van der Waals surface area contributed by atoms with Crippen LogP contribution in [-0.4, -0.2) is 26.6 Å². The first kappa shape index (κ1) is 32.0. The lowest BCUT2D eigenvalue weighted by Gasteiger charge is -2.15. The highest BCUT2D eigenvalue weighted by atomic mass is 35.5. The Morgan fingerprint density at radius 3 is 2.53 bits per heavy atom. The smallest absolute Gasteiger partial charge is 0.433 e. The first-order valence-corrected chi connectivity index (χ1v) is 15.1. The van der Waals surface area contributed by atoms with E-state index in [9.17, 15) is 22.8 Å². The molecule has 0 atom stereocenters. The van der Waals surface area contributed by atoms with Crippen LogP contribution in [0.25, 0.3) is 21.3 Å². The number of nitrogens with one attached hydrogen (secondary N) is 1. The molecule has 9 nitrogen and oxygen atoms in total. The molecule has 0 fully saturated rings. The van der Waals surface area contributed by atoms with Gasteiger partial charge in [-0.05, 0) is 73.7 Å². The molecular formula is C31H29ClF3N5O4S. The van der Waals surface area contributed by atoms with Crippen LogP contribution in [0.3, 0.4) is 0 Å². The predicted molar refractivity (Wildman–Crippen MR) is 166 cm³/mol. The number of furan rings is 1. The van der Waals surface area contributed by atoms with Crippen molar-refractivity contribution in [3.05, 3.63) is 80.5 Å². The Morgan fingerprint density at radius 1 is 1.18 bits per heavy atom. The van der Waals surface area contributed by atoms with Crippen LogP contribution in [0.1, 0.15) is 75.2 Å². The van der Waals surface area contributed by atoms with Gasteiger partial charge < -0.3 is 20.2 Å². The number of anilines is 1. The maximum atomic E-state index is 13.9. The largest absolute Gasteiger partial charge is 0.485 e. The third-order valence-corrected chi connectivity index (χ3v) is 8.78. The number of hydrogen-bond donors (Lipinski definition) is 2. The van der Waals surface area contributed by atoms with Crippen molar-refractivity contribution in [3.8, 4) is 16.9 Å². The summed E-state index contributed by atoms with van der Waals surface area (Å²) in [4.78, 5) is 29.4. The van der Waals surface area contributed by atoms with Gasteiger partial charge in [0.25, 0.3) is 11.8 Å². The summed E-state index contributed by atoms with van der Waals surface area (Å²) >= 11 is 6.95. The number of carbonyl (C=O) groups is 2. The molecule has 0 unspecified atom stereocenters. The molecule has 14 heteroatoms. The fraction of sp³-hybridized carbons (Fsp3) is 0.290. The van der Waals surface area contributed by atoms with Gasteiger partial charge in [-0.25, -0.2) is 4.98 Å². The Kier molecular flexibility index (Phi) is 8.69. The maximum Gasteiger partial charge on any atom is 0.433 e. The van der Waals surface area contributed by atoms with Crippen LogP contribution in [0.15, 0.2) is 40.9 Å². The van der Waals surface area contributed by atoms with Crippen LogP contribution < -0.4 is 15.8 Å². The van der Waals surface area contributed by atoms with Crippen molar-refractivity contribution in [2.45, 2.75) is 59.9 Å². The van der Waals surface area contributed by atoms with Gasteiger partial charge >= 0.3 is 6.18 Å². The molecule has 0 aliphatic carbocycles. The Balaban J connectivity index is 1.51. The standard InChI is InChI=1S/C31H29ClF3N5O4S/c1-6-40-16(5)20(12-37-40)19-11-24(31(33,34)35)38-30-25(19)26(27(45-30)28(36)41)39-29(42)22-8-7-17(44-22)13-43-23-9-15(4)21(32)10-18(23)14(2)3/h7-12,14H,6,13H2,1-5H3,(H2,36,41)(H,39,42). The number of amides is 2. The summed E-state index contributed by atoms with van der Waals surface area (Å²) in [5, 5.41) is 7.65. The second-order valence-corrected chi connectivity index (χ2v) is 12.1. The summed E-state index contributed by atoms with van der Waals surface area (Å²) < 4.78 is 55.0. The van der Waals surface area contributed by atoms with E-state index in [0.717, 1.165) is 17.2 Å². The maximum absolute atomic E-state index is 13.9. The average molecular weight is 660 g/mol. The van der Waals surface area contributed by atoms with E-state index in [2.05, 4.69) is 15.4 Å². The highest BCUT2D eigenvalue weighted by Gasteiger charge is 2.35. The van der Waals surface area contributed by atoms with E-state index in [-0.39, 0.29) is 44.6 Å². The summed E-state index contributed by atoms with van der Waals surface area (Å²) in [5.74, 6) is -0.696. The van der Waals surface area contributed by atoms with Crippen LogP contribution in [0.2, 0.25) is 5.02 Å². The number of hydrogen-bond acceptors (Lipinski definition) is 7. The Morgan fingerprint density at radius 2 is 1.91 bits per heavy atom. The number of aromatic nitrogens is 3. The minimum atomic E-state index is -4.77. The second-order valence-electron chi connectivity index (χ2n) is 10.7. The second kappa shape index (κ2) is 12.2. The molecule has 4 aromatic heterocycles. The molecule has 1 aromatic carbocycles. The van der Waals surface area contributed by atoms with Crippen molar-refractivity contribution in [1.82, 2.24) is 14.8 Å². The SMILES string of the molecule is CCn1ncc(-c2cc(C(F)(F)F)nc3sc(C(N)=O)c(NC(=O)c4ccc(COc5cc(C)c(Cl)cc5C(C)C)o4)c23)c1C. The monoisotopic (exact) mass is 659 g/mol. The van der Waals surface area contributed by atoms with Gasteiger partial charge in [0.15, 0.2) is 5.76 Å². The molecule has 0 radical (unpaired) electrons. The molecule has 2 amide bonds. The van der Waals surface area contributed by atoms with Gasteiger partial charge in [0.1, 0.15) is 33.5 Å². The normalized spacial score (nSPS) is 11.9. The highest BCUT2D eigenvalue weighted by molar-refractivity contribution is 7.21. The van der Waals surface area contributed by atoms with Crippen LogP contribution in [0.4, 0.5) is 18.9 Å². The Labute approximate surface area is 265 Å². The quantitative estimate of drug-likeness (QED) is 0.165. The van der Waals surface area contributed by atoms with Gasteiger partial charge in [-0.15, -0.1) is 11.3 Å². The average Bonchev–Trinajstić information content (AvgIpc) is 3.69. The van der Waals surface area contributed by atoms with Crippen LogP contribution in [0, 0.1) is 13.8 Å². The number of nitrogens with two attached hydrogens (primary N) is 1. The van der Waals surface area contributed by atoms with Crippen LogP contribution in [0.5, 0.6) is 5.75 Å². The van der Waals surface area contributed by atoms with Crippen molar-refractivity contribution < 1.29 is 31.9 Å². The molecule has 0 spiro atoms. The number of alkyl halides is 3. The van der Waals surface area contributed by atoms with Crippen LogP contribution in [-0.2, 0) is 19.3 Å². The van der Waals surface area contributed by atoms with Crippen molar-refractivity contribution in [3.63, 3.8) is 0 Å². The molecule has 0 aliphatic heterocycles. The topological polar surface area (TPSA) is 125 Å². The van der Waals surface area contributed by atoms with Gasteiger partial charge in [0.2, 0.25) is 0 Å². The fourth-order valence-electron chi connectivity index (χ4n) is 4.93. The van der Waals surface area contributed by atoms with Crippen molar-refractivity contribution in [1.29, 1.82) is 0 Å². The molecule has 236 valence electrons. The van der Waals surface area contributed by atoms with Gasteiger partial charge in [0.05, 0.1) is 11.9 Å². The molecule has 4 heterocycles. The number of benzene rings is 1. The molecule has 0 saturated carbocycles. The molecule has 0 saturated heterocycles. The first-order valence-electron chi connectivity index (χ1n) is 13.9. The zero-order chi connectivity index (χ0) is 32.8. The summed E-state index contributed by atoms with van der Waals surface area (Å²) in [6.07, 6.45) is -3.34. The highest BCUT2D eigenvalue weighted by Crippen LogP contribution is 2.44. The predicted octanol–water partition coefficient (Wildman–Crippen LogP) is 8.12. The third-order valence-electron chi connectivity index (χ3n) is 7.28. The Hall–Kier alpha value is -4.36. The molecule has 45 heavy (non-hydrogen) atoms. The van der Waals surface area contributed by atoms with E-state index < -0.39 is 23.7 Å². The minimum absolute atomic E-state index is 0.0109. The number of pyridine rings is 1. The molecule has 5 rings (SSSR count). The first-order chi connectivity index (χ1) is 21.2. The van der Waals surface area contributed by atoms with Crippen LogP contribution >= 0.6 is 22.9 Å². The van der Waals surface area contributed by atoms with Gasteiger partial charge in [-0.1, -0.05) is 25.4 Å². The lowest BCUT2D eigenvalue weighted by molar-refractivity contribution is -0.140. The number of rotatable bonds is 9. The minimum Gasteiger partial charge on any atom is -0.485 e. The number of thiophene rings is 1. The number of primary amides is 1. The number of carbonyl (C=O) groups excluding carboxylic acids is 2. The lowest BCUT2D eigenvalue weighted by atomic mass is 10.0. The number of nitrogens with zero attached hydrogens (tertiary/aromatic N) is 3. The number of aryl methyl sites for hydroxylation is 2. The van der Waals surface area contributed by atoms with Gasteiger partial charge in [0, 0.05) is 28.2 Å². The van der Waals surface area contributed by atoms with Gasteiger partial charge in [-0.3, -0.25) is 14.3 Å². The number of halogens is 4. The fourth-order valence-corrected chi connectivity index (χ4v) is 6.11. The van der Waals surface area contributed by atoms with E-state index in [0.29, 0.717) is 45.7 Å². The Bertz CT molecular complexity index is 1940. The summed E-state index contributed by atoms with van der Waals surface area (Å²) in [7, 11) is 0. The summed E-state index contributed by atoms with van der Waals surface area (Å²) in [6.45, 7) is 9.94. The molecule has 0 aliphatic rings. The molecule has 0 bridgehead atoms. The third kappa shape index (κ3) is 6.27. The molecule has 5 aromatic rings. The van der Waals surface area contributed by atoms with E-state index in [1.165, 1.54) is 12.3 Å².